The van der Waals surface area contributed by atoms with Gasteiger partial charge >= 0.3 is 12.3 Å². The number of carbonyl (C=O) groups excluding carboxylic acids is 2. The Balaban J connectivity index is 1.94. The molecule has 3 rings (SSSR count). The monoisotopic (exact) mass is 421 g/mol. The quantitative estimate of drug-likeness (QED) is 0.794. The Morgan fingerprint density at radius 3 is 2.30 bits per heavy atom. The van der Waals surface area contributed by atoms with E-state index in [2.05, 4.69) is 0 Å². The lowest BCUT2D eigenvalue weighted by Gasteiger charge is -2.43. The number of halogens is 3. The molecule has 160 valence electrons. The summed E-state index contributed by atoms with van der Waals surface area (Å²) in [5, 5.41) is 0. The minimum atomic E-state index is -4.45. The van der Waals surface area contributed by atoms with Gasteiger partial charge in [-0.3, -0.25) is 9.69 Å². The van der Waals surface area contributed by atoms with Crippen LogP contribution in [0, 0.1) is 0 Å². The Morgan fingerprint density at radius 1 is 1.13 bits per heavy atom. The van der Waals surface area contributed by atoms with Gasteiger partial charge in [-0.1, -0.05) is 37.3 Å². The Bertz CT molecular complexity index is 888. The number of nitrogens with two attached hydrogens (primary N) is 1. The highest BCUT2D eigenvalue weighted by molar-refractivity contribution is 5.98. The van der Waals surface area contributed by atoms with Gasteiger partial charge in [-0.15, -0.1) is 0 Å². The number of hydrogen-bond donors (Lipinski definition) is 1. The molecule has 1 aliphatic rings. The van der Waals surface area contributed by atoms with Gasteiger partial charge in [0.2, 0.25) is 5.91 Å². The van der Waals surface area contributed by atoms with Gasteiger partial charge in [-0.05, 0) is 36.2 Å². The molecule has 2 aromatic carbocycles. The van der Waals surface area contributed by atoms with Crippen LogP contribution in [0.15, 0.2) is 54.6 Å². The Hall–Kier alpha value is -3.07. The molecule has 2 unspecified atom stereocenters. The second-order valence-corrected chi connectivity index (χ2v) is 6.89. The van der Waals surface area contributed by atoms with Crippen molar-refractivity contribution in [2.45, 2.75) is 31.8 Å². The largest absolute Gasteiger partial charge is 0.430 e. The van der Waals surface area contributed by atoms with Crippen LogP contribution in [0.5, 0.6) is 0 Å². The van der Waals surface area contributed by atoms with Crippen molar-refractivity contribution in [3.63, 3.8) is 0 Å². The highest BCUT2D eigenvalue weighted by Crippen LogP contribution is 2.34. The summed E-state index contributed by atoms with van der Waals surface area (Å²) in [6.07, 6.45) is -5.67. The van der Waals surface area contributed by atoms with E-state index in [1.54, 1.807) is 29.2 Å². The number of primary amides is 1. The maximum atomic E-state index is 13.4. The zero-order valence-corrected chi connectivity index (χ0v) is 16.3. The summed E-state index contributed by atoms with van der Waals surface area (Å²) >= 11 is 0. The first-order chi connectivity index (χ1) is 14.2. The second kappa shape index (κ2) is 8.74. The molecule has 2 N–H and O–H groups in total. The number of carbonyl (C=O) groups is 2. The average Bonchev–Trinajstić information content (AvgIpc) is 2.72. The van der Waals surface area contributed by atoms with Crippen molar-refractivity contribution in [3.05, 3.63) is 65.7 Å². The number of rotatable bonds is 5. The standard InChI is InChI=1S/C21H22F3N3O3/c1-2-17(30-20(25)29)27-13-12-26(16-10-8-15(9-11-16)21(22,23)24)19(28)18(27)14-6-4-3-5-7-14/h3-11,17-18H,2,12-13H2,1H3,(H2,25,29). The summed E-state index contributed by atoms with van der Waals surface area (Å²) in [6, 6.07) is 12.7. The molecule has 0 spiro atoms. The number of alkyl halides is 3. The molecule has 0 radical (unpaired) electrons. The predicted molar refractivity (Wildman–Crippen MR) is 104 cm³/mol. The van der Waals surface area contributed by atoms with Crippen molar-refractivity contribution in [1.29, 1.82) is 0 Å². The maximum absolute atomic E-state index is 13.4. The third-order valence-electron chi connectivity index (χ3n) is 5.01. The molecule has 30 heavy (non-hydrogen) atoms. The third kappa shape index (κ3) is 4.56. The van der Waals surface area contributed by atoms with E-state index in [0.29, 0.717) is 24.2 Å². The number of benzene rings is 2. The summed E-state index contributed by atoms with van der Waals surface area (Å²) in [6.45, 7) is 2.38. The van der Waals surface area contributed by atoms with Crippen LogP contribution in [-0.4, -0.2) is 36.2 Å². The van der Waals surface area contributed by atoms with Crippen LogP contribution in [0.2, 0.25) is 0 Å². The van der Waals surface area contributed by atoms with Gasteiger partial charge in [0.1, 0.15) is 6.04 Å². The van der Waals surface area contributed by atoms with Crippen LogP contribution in [-0.2, 0) is 15.7 Å². The van der Waals surface area contributed by atoms with E-state index in [1.807, 2.05) is 13.0 Å². The normalized spacial score (nSPS) is 18.9. The fourth-order valence-electron chi connectivity index (χ4n) is 3.63. The van der Waals surface area contributed by atoms with Crippen LogP contribution in [0.1, 0.15) is 30.5 Å². The third-order valence-corrected chi connectivity index (χ3v) is 5.01. The van der Waals surface area contributed by atoms with Crippen molar-refractivity contribution >= 4 is 17.7 Å². The highest BCUT2D eigenvalue weighted by atomic mass is 19.4. The SMILES string of the molecule is CCC(OC(N)=O)N1CCN(c2ccc(C(F)(F)F)cc2)C(=O)C1c1ccccc1. The van der Waals surface area contributed by atoms with Crippen LogP contribution in [0.25, 0.3) is 0 Å². The Morgan fingerprint density at radius 2 is 1.77 bits per heavy atom. The van der Waals surface area contributed by atoms with E-state index < -0.39 is 30.1 Å². The van der Waals surface area contributed by atoms with Crippen molar-refractivity contribution < 1.29 is 27.5 Å². The summed E-state index contributed by atoms with van der Waals surface area (Å²) in [5.74, 6) is -0.321. The van der Waals surface area contributed by atoms with E-state index in [0.717, 1.165) is 12.1 Å². The van der Waals surface area contributed by atoms with Crippen molar-refractivity contribution in [2.75, 3.05) is 18.0 Å². The number of anilines is 1. The molecular formula is C21H22F3N3O3. The summed E-state index contributed by atoms with van der Waals surface area (Å²) in [7, 11) is 0. The predicted octanol–water partition coefficient (Wildman–Crippen LogP) is 3.93. The van der Waals surface area contributed by atoms with Crippen LogP contribution in [0.4, 0.5) is 23.7 Å². The van der Waals surface area contributed by atoms with E-state index in [-0.39, 0.29) is 12.5 Å². The first-order valence-electron chi connectivity index (χ1n) is 9.47. The topological polar surface area (TPSA) is 75.9 Å². The molecule has 1 saturated heterocycles. The molecule has 9 heteroatoms. The smallest absolute Gasteiger partial charge is 0.416 e. The minimum Gasteiger partial charge on any atom is -0.430 e. The molecule has 1 heterocycles. The van der Waals surface area contributed by atoms with Gasteiger partial charge in [0.05, 0.1) is 5.56 Å². The summed E-state index contributed by atoms with van der Waals surface area (Å²) in [5.41, 5.74) is 5.47. The van der Waals surface area contributed by atoms with Crippen molar-refractivity contribution in [3.8, 4) is 0 Å². The Labute approximate surface area is 172 Å². The van der Waals surface area contributed by atoms with Crippen LogP contribution < -0.4 is 10.6 Å². The van der Waals surface area contributed by atoms with E-state index >= 15 is 0 Å². The molecule has 1 fully saturated rings. The molecule has 2 amide bonds. The Kier molecular flexibility index (Phi) is 6.31. The average molecular weight is 421 g/mol. The number of ether oxygens (including phenoxy) is 1. The maximum Gasteiger partial charge on any atom is 0.416 e. The first-order valence-corrected chi connectivity index (χ1v) is 9.47. The molecule has 0 saturated carbocycles. The van der Waals surface area contributed by atoms with Gasteiger partial charge in [-0.2, -0.15) is 13.2 Å². The van der Waals surface area contributed by atoms with E-state index in [4.69, 9.17) is 10.5 Å². The number of hydrogen-bond acceptors (Lipinski definition) is 4. The van der Waals surface area contributed by atoms with Gasteiger partial charge in [0.15, 0.2) is 6.23 Å². The number of nitrogens with zero attached hydrogens (tertiary/aromatic N) is 2. The van der Waals surface area contributed by atoms with Crippen molar-refractivity contribution in [2.24, 2.45) is 5.73 Å². The number of amides is 2. The molecule has 2 atom stereocenters. The minimum absolute atomic E-state index is 0.228. The zero-order chi connectivity index (χ0) is 21.9. The molecule has 0 aromatic heterocycles. The number of piperazine rings is 1. The van der Waals surface area contributed by atoms with Crippen LogP contribution >= 0.6 is 0 Å². The van der Waals surface area contributed by atoms with Gasteiger partial charge in [-0.25, -0.2) is 4.79 Å². The summed E-state index contributed by atoms with van der Waals surface area (Å²) < 4.78 is 43.8. The van der Waals surface area contributed by atoms with Gasteiger partial charge in [0, 0.05) is 18.8 Å². The molecular weight excluding hydrogens is 399 g/mol. The lowest BCUT2D eigenvalue weighted by molar-refractivity contribution is -0.137. The summed E-state index contributed by atoms with van der Waals surface area (Å²) in [4.78, 5) is 27.9. The zero-order valence-electron chi connectivity index (χ0n) is 16.3. The lowest BCUT2D eigenvalue weighted by atomic mass is 10.00. The van der Waals surface area contributed by atoms with E-state index in [1.165, 1.54) is 17.0 Å². The molecule has 0 bridgehead atoms. The lowest BCUT2D eigenvalue weighted by Crippen LogP contribution is -2.56. The van der Waals surface area contributed by atoms with Gasteiger partial charge in [0.25, 0.3) is 0 Å². The second-order valence-electron chi connectivity index (χ2n) is 6.89. The molecule has 1 aliphatic heterocycles. The highest BCUT2D eigenvalue weighted by Gasteiger charge is 2.41. The van der Waals surface area contributed by atoms with E-state index in [9.17, 15) is 22.8 Å². The molecule has 2 aromatic rings. The molecule has 0 aliphatic carbocycles. The van der Waals surface area contributed by atoms with Crippen LogP contribution in [0.3, 0.4) is 0 Å². The fourth-order valence-corrected chi connectivity index (χ4v) is 3.63. The first kappa shape index (κ1) is 21.6. The van der Waals surface area contributed by atoms with Crippen molar-refractivity contribution in [1.82, 2.24) is 4.90 Å². The molecule has 6 nitrogen and oxygen atoms in total. The fraction of sp³-hybridized carbons (Fsp3) is 0.333. The van der Waals surface area contributed by atoms with Gasteiger partial charge < -0.3 is 15.4 Å².